The van der Waals surface area contributed by atoms with Crippen LogP contribution in [0.15, 0.2) is 83.9 Å². The van der Waals surface area contributed by atoms with Crippen LogP contribution in [0.5, 0.6) is 0 Å². The van der Waals surface area contributed by atoms with Crippen LogP contribution < -0.4 is 4.72 Å². The summed E-state index contributed by atoms with van der Waals surface area (Å²) in [5.74, 6) is 0. The summed E-state index contributed by atoms with van der Waals surface area (Å²) in [5.41, 5.74) is 2.26. The summed E-state index contributed by atoms with van der Waals surface area (Å²) in [6.07, 6.45) is 0.267. The highest BCUT2D eigenvalue weighted by molar-refractivity contribution is 7.90. The fourth-order valence-electron chi connectivity index (χ4n) is 4.29. The molecule has 2 atom stereocenters. The molecule has 1 aliphatic rings. The molecule has 0 spiro atoms. The summed E-state index contributed by atoms with van der Waals surface area (Å²) < 4.78 is 35.3. The van der Waals surface area contributed by atoms with Gasteiger partial charge in [-0.1, -0.05) is 84.4 Å². The summed E-state index contributed by atoms with van der Waals surface area (Å²) in [6.45, 7) is 3.32. The van der Waals surface area contributed by atoms with Gasteiger partial charge in [0, 0.05) is 11.6 Å². The SMILES string of the molecule is CC1(C)OC(=N[C@@H](CCO)c2ccccc2Cl)NS(=O)(=O)C1c1ccc(-c2ccccc2)cc1. The number of nitrogens with zero attached hydrogens (tertiary/aromatic N) is 1. The van der Waals surface area contributed by atoms with Gasteiger partial charge in [0.25, 0.3) is 6.02 Å². The number of hydrogen-bond donors (Lipinski definition) is 2. The zero-order valence-electron chi connectivity index (χ0n) is 19.0. The van der Waals surface area contributed by atoms with Crippen molar-refractivity contribution in [3.63, 3.8) is 0 Å². The Labute approximate surface area is 205 Å². The summed E-state index contributed by atoms with van der Waals surface area (Å²) in [6, 6.07) is 23.8. The van der Waals surface area contributed by atoms with E-state index in [9.17, 15) is 13.5 Å². The molecular weight excluding hydrogens is 472 g/mol. The predicted octanol–water partition coefficient (Wildman–Crippen LogP) is 5.26. The highest BCUT2D eigenvalue weighted by atomic mass is 35.5. The topological polar surface area (TPSA) is 88.0 Å². The fourth-order valence-corrected chi connectivity index (χ4v) is 6.32. The summed E-state index contributed by atoms with van der Waals surface area (Å²) >= 11 is 6.31. The van der Waals surface area contributed by atoms with E-state index in [1.807, 2.05) is 60.7 Å². The molecule has 3 aromatic rings. The van der Waals surface area contributed by atoms with E-state index in [0.717, 1.165) is 11.1 Å². The third-order valence-electron chi connectivity index (χ3n) is 5.79. The number of aliphatic hydroxyl groups is 1. The molecule has 4 rings (SSSR count). The van der Waals surface area contributed by atoms with Gasteiger partial charge >= 0.3 is 0 Å². The van der Waals surface area contributed by atoms with E-state index in [4.69, 9.17) is 16.3 Å². The minimum absolute atomic E-state index is 0.111. The van der Waals surface area contributed by atoms with Crippen LogP contribution in [0.25, 0.3) is 11.1 Å². The fraction of sp³-hybridized carbons (Fsp3) is 0.269. The van der Waals surface area contributed by atoms with Crippen molar-refractivity contribution in [2.24, 2.45) is 4.99 Å². The Morgan fingerprint density at radius 3 is 2.24 bits per heavy atom. The van der Waals surface area contributed by atoms with Crippen molar-refractivity contribution < 1.29 is 18.3 Å². The van der Waals surface area contributed by atoms with Crippen molar-refractivity contribution in [2.45, 2.75) is 37.2 Å². The van der Waals surface area contributed by atoms with Gasteiger partial charge in [-0.05, 0) is 48.6 Å². The van der Waals surface area contributed by atoms with Crippen LogP contribution in [0.3, 0.4) is 0 Å². The Kier molecular flexibility index (Phi) is 6.98. The van der Waals surface area contributed by atoms with Crippen molar-refractivity contribution in [3.05, 3.63) is 95.0 Å². The van der Waals surface area contributed by atoms with Crippen molar-refractivity contribution in [2.75, 3.05) is 6.61 Å². The Hall–Kier alpha value is -2.87. The molecule has 0 saturated carbocycles. The lowest BCUT2D eigenvalue weighted by Crippen LogP contribution is -2.53. The van der Waals surface area contributed by atoms with E-state index in [-0.39, 0.29) is 19.0 Å². The Morgan fingerprint density at radius 1 is 1.00 bits per heavy atom. The van der Waals surface area contributed by atoms with Crippen LogP contribution in [0.1, 0.15) is 42.7 Å². The van der Waals surface area contributed by atoms with Gasteiger partial charge in [-0.3, -0.25) is 0 Å². The van der Waals surface area contributed by atoms with E-state index >= 15 is 0 Å². The van der Waals surface area contributed by atoms with Crippen LogP contribution in [0.2, 0.25) is 5.02 Å². The van der Waals surface area contributed by atoms with Crippen LogP contribution in [0.4, 0.5) is 0 Å². The second kappa shape index (κ2) is 9.78. The molecule has 34 heavy (non-hydrogen) atoms. The molecular formula is C26H27ClN2O4S. The first kappa shape index (κ1) is 24.3. The molecule has 2 N–H and O–H groups in total. The number of rotatable bonds is 6. The molecule has 6 nitrogen and oxygen atoms in total. The van der Waals surface area contributed by atoms with Crippen LogP contribution in [-0.2, 0) is 14.8 Å². The van der Waals surface area contributed by atoms with Gasteiger partial charge in [0.1, 0.15) is 10.9 Å². The quantitative estimate of drug-likeness (QED) is 0.485. The average Bonchev–Trinajstić information content (AvgIpc) is 2.79. The first-order valence-corrected chi connectivity index (χ1v) is 12.9. The zero-order valence-corrected chi connectivity index (χ0v) is 20.6. The Balaban J connectivity index is 1.64. The first-order chi connectivity index (χ1) is 16.2. The van der Waals surface area contributed by atoms with Crippen LogP contribution >= 0.6 is 11.6 Å². The number of halogens is 1. The summed E-state index contributed by atoms with van der Waals surface area (Å²) in [4.78, 5) is 4.49. The number of sulfonamides is 1. The van der Waals surface area contributed by atoms with Gasteiger partial charge in [0.05, 0.1) is 6.04 Å². The zero-order chi connectivity index (χ0) is 24.3. The largest absolute Gasteiger partial charge is 0.457 e. The maximum atomic E-state index is 13.4. The van der Waals surface area contributed by atoms with Crippen LogP contribution in [-0.4, -0.2) is 31.8 Å². The van der Waals surface area contributed by atoms with E-state index in [0.29, 0.717) is 16.1 Å². The molecule has 8 heteroatoms. The monoisotopic (exact) mass is 498 g/mol. The third-order valence-corrected chi connectivity index (χ3v) is 8.06. The standard InChI is InChI=1S/C26H27ClN2O4S/c1-26(2)24(20-14-12-19(13-15-20)18-8-4-3-5-9-18)34(31,32)29-25(33-26)28-23(16-17-30)21-10-6-7-11-22(21)27/h3-15,23-24,30H,16-17H2,1-2H3,(H,28,29)/t23-,24?/m0/s1. The molecule has 0 radical (unpaired) electrons. The Morgan fingerprint density at radius 2 is 1.62 bits per heavy atom. The van der Waals surface area contributed by atoms with Crippen molar-refractivity contribution in [1.29, 1.82) is 0 Å². The van der Waals surface area contributed by atoms with Crippen molar-refractivity contribution in [3.8, 4) is 11.1 Å². The maximum Gasteiger partial charge on any atom is 0.299 e. The lowest BCUT2D eigenvalue weighted by Gasteiger charge is -2.39. The molecule has 1 unspecified atom stereocenters. The number of ether oxygens (including phenoxy) is 1. The molecule has 0 aliphatic carbocycles. The normalized spacial score (nSPS) is 20.8. The van der Waals surface area contributed by atoms with E-state index in [1.165, 1.54) is 0 Å². The number of aliphatic imine (C=N–C) groups is 1. The number of hydrogen-bond acceptors (Lipinski definition) is 5. The van der Waals surface area contributed by atoms with Gasteiger partial charge in [-0.15, -0.1) is 0 Å². The summed E-state index contributed by atoms with van der Waals surface area (Å²) in [7, 11) is -3.87. The molecule has 3 aromatic carbocycles. The first-order valence-electron chi connectivity index (χ1n) is 11.0. The predicted molar refractivity (Wildman–Crippen MR) is 135 cm³/mol. The van der Waals surface area contributed by atoms with Crippen LogP contribution in [0, 0.1) is 0 Å². The van der Waals surface area contributed by atoms with Gasteiger partial charge < -0.3 is 9.84 Å². The Bertz CT molecular complexity index is 1280. The maximum absolute atomic E-state index is 13.4. The van der Waals surface area contributed by atoms with E-state index in [1.54, 1.807) is 32.0 Å². The van der Waals surface area contributed by atoms with E-state index < -0.39 is 26.9 Å². The summed E-state index contributed by atoms with van der Waals surface area (Å²) in [5, 5.41) is 9.07. The van der Waals surface area contributed by atoms with Gasteiger partial charge in [0.2, 0.25) is 10.0 Å². The highest BCUT2D eigenvalue weighted by Gasteiger charge is 2.48. The average molecular weight is 499 g/mol. The van der Waals surface area contributed by atoms with Gasteiger partial charge in [0.15, 0.2) is 0 Å². The minimum atomic E-state index is -3.87. The lowest BCUT2D eigenvalue weighted by atomic mass is 9.95. The van der Waals surface area contributed by atoms with Crippen molar-refractivity contribution >= 4 is 27.6 Å². The van der Waals surface area contributed by atoms with Crippen molar-refractivity contribution in [1.82, 2.24) is 4.72 Å². The molecule has 0 amide bonds. The number of aliphatic hydroxyl groups excluding tert-OH is 1. The molecule has 1 aliphatic heterocycles. The molecule has 178 valence electrons. The molecule has 1 heterocycles. The molecule has 1 fully saturated rings. The number of amidine groups is 1. The minimum Gasteiger partial charge on any atom is -0.457 e. The van der Waals surface area contributed by atoms with Gasteiger partial charge in [-0.25, -0.2) is 18.1 Å². The lowest BCUT2D eigenvalue weighted by molar-refractivity contribution is 0.0759. The molecule has 0 aromatic heterocycles. The number of benzene rings is 3. The molecule has 1 saturated heterocycles. The molecule has 0 bridgehead atoms. The second-order valence-electron chi connectivity index (χ2n) is 8.70. The van der Waals surface area contributed by atoms with E-state index in [2.05, 4.69) is 9.71 Å². The highest BCUT2D eigenvalue weighted by Crippen LogP contribution is 2.40. The van der Waals surface area contributed by atoms with Gasteiger partial charge in [-0.2, -0.15) is 0 Å². The number of nitrogens with one attached hydrogen (secondary N) is 1. The smallest absolute Gasteiger partial charge is 0.299 e. The third kappa shape index (κ3) is 5.12. The second-order valence-corrected chi connectivity index (χ2v) is 10.9.